The van der Waals surface area contributed by atoms with Crippen LogP contribution in [-0.4, -0.2) is 19.2 Å². The van der Waals surface area contributed by atoms with Gasteiger partial charge < -0.3 is 10.1 Å². The molecule has 0 amide bonds. The Hall–Kier alpha value is -1.80. The number of hydrogen-bond donors (Lipinski definition) is 1. The van der Waals surface area contributed by atoms with E-state index in [9.17, 15) is 0 Å². The molecule has 2 aromatic rings. The van der Waals surface area contributed by atoms with Gasteiger partial charge in [-0.15, -0.1) is 0 Å². The van der Waals surface area contributed by atoms with Crippen molar-refractivity contribution in [3.05, 3.63) is 65.2 Å². The molecule has 0 saturated heterocycles. The maximum absolute atomic E-state index is 5.92. The fourth-order valence-electron chi connectivity index (χ4n) is 2.73. The van der Waals surface area contributed by atoms with E-state index in [0.717, 1.165) is 31.7 Å². The van der Waals surface area contributed by atoms with E-state index in [0.29, 0.717) is 0 Å². The maximum Gasteiger partial charge on any atom is 0.123 e. The van der Waals surface area contributed by atoms with Gasteiger partial charge >= 0.3 is 0 Å². The minimum atomic E-state index is 0.282. The van der Waals surface area contributed by atoms with Crippen LogP contribution in [-0.2, 0) is 12.8 Å². The van der Waals surface area contributed by atoms with Crippen molar-refractivity contribution < 1.29 is 4.74 Å². The molecule has 1 heterocycles. The zero-order valence-electron chi connectivity index (χ0n) is 11.9. The fourth-order valence-corrected chi connectivity index (χ4v) is 2.73. The Morgan fingerprint density at radius 1 is 1.15 bits per heavy atom. The summed E-state index contributed by atoms with van der Waals surface area (Å²) < 4.78 is 5.92. The van der Waals surface area contributed by atoms with E-state index in [-0.39, 0.29) is 6.10 Å². The summed E-state index contributed by atoms with van der Waals surface area (Å²) in [6.07, 6.45) is 2.37. The van der Waals surface area contributed by atoms with Gasteiger partial charge in [0.05, 0.1) is 0 Å². The van der Waals surface area contributed by atoms with Crippen LogP contribution in [0.5, 0.6) is 5.75 Å². The Labute approximate surface area is 120 Å². The molecule has 0 bridgehead atoms. The van der Waals surface area contributed by atoms with Crippen LogP contribution in [0.3, 0.4) is 0 Å². The molecule has 0 radical (unpaired) electrons. The van der Waals surface area contributed by atoms with E-state index >= 15 is 0 Å². The minimum absolute atomic E-state index is 0.282. The zero-order valence-corrected chi connectivity index (χ0v) is 11.9. The first kappa shape index (κ1) is 13.2. The second-order valence-corrected chi connectivity index (χ2v) is 5.49. The van der Waals surface area contributed by atoms with Crippen molar-refractivity contribution >= 4 is 0 Å². The van der Waals surface area contributed by atoms with E-state index in [4.69, 9.17) is 4.74 Å². The van der Waals surface area contributed by atoms with Crippen molar-refractivity contribution in [1.82, 2.24) is 5.32 Å². The monoisotopic (exact) mass is 267 g/mol. The Balaban J connectivity index is 1.41. The SMILES string of the molecule is Cc1cccc(CCNCC2Cc3ccccc3O2)c1. The summed E-state index contributed by atoms with van der Waals surface area (Å²) in [6.45, 7) is 4.06. The van der Waals surface area contributed by atoms with Crippen LogP contribution in [0.1, 0.15) is 16.7 Å². The fraction of sp³-hybridized carbons (Fsp3) is 0.333. The van der Waals surface area contributed by atoms with E-state index in [1.54, 1.807) is 0 Å². The van der Waals surface area contributed by atoms with Gasteiger partial charge in [-0.25, -0.2) is 0 Å². The van der Waals surface area contributed by atoms with Crippen molar-refractivity contribution in [2.75, 3.05) is 13.1 Å². The molecule has 1 aliphatic rings. The Kier molecular flexibility index (Phi) is 4.03. The predicted molar refractivity (Wildman–Crippen MR) is 82.3 cm³/mol. The van der Waals surface area contributed by atoms with Crippen LogP contribution >= 0.6 is 0 Å². The maximum atomic E-state index is 5.92. The second kappa shape index (κ2) is 6.10. The van der Waals surface area contributed by atoms with E-state index in [1.165, 1.54) is 16.7 Å². The number of aryl methyl sites for hydroxylation is 1. The van der Waals surface area contributed by atoms with Gasteiger partial charge in [-0.1, -0.05) is 48.0 Å². The molecule has 3 rings (SSSR count). The van der Waals surface area contributed by atoms with E-state index in [2.05, 4.69) is 54.7 Å². The van der Waals surface area contributed by atoms with Crippen molar-refractivity contribution in [3.8, 4) is 5.75 Å². The van der Waals surface area contributed by atoms with Crippen LogP contribution in [0.4, 0.5) is 0 Å². The third-order valence-corrected chi connectivity index (χ3v) is 3.76. The third kappa shape index (κ3) is 3.20. The van der Waals surface area contributed by atoms with Crippen LogP contribution in [0.25, 0.3) is 0 Å². The molecule has 0 fully saturated rings. The van der Waals surface area contributed by atoms with Crippen LogP contribution in [0, 0.1) is 6.92 Å². The molecule has 0 saturated carbocycles. The average Bonchev–Trinajstić information content (AvgIpc) is 2.86. The van der Waals surface area contributed by atoms with Gasteiger partial charge in [-0.3, -0.25) is 0 Å². The lowest BCUT2D eigenvalue weighted by Crippen LogP contribution is -2.31. The number of nitrogens with one attached hydrogen (secondary N) is 1. The molecule has 2 aromatic carbocycles. The first-order chi connectivity index (χ1) is 9.81. The molecule has 1 N–H and O–H groups in total. The molecular formula is C18H21NO. The van der Waals surface area contributed by atoms with Gasteiger partial charge in [-0.05, 0) is 37.1 Å². The van der Waals surface area contributed by atoms with Gasteiger partial charge in [0.2, 0.25) is 0 Å². The quantitative estimate of drug-likeness (QED) is 0.840. The number of para-hydroxylation sites is 1. The standard InChI is InChI=1S/C18H21NO/c1-14-5-4-6-15(11-14)9-10-19-13-17-12-16-7-2-3-8-18(16)20-17/h2-8,11,17,19H,9-10,12-13H2,1H3. The number of benzene rings is 2. The Morgan fingerprint density at radius 3 is 2.90 bits per heavy atom. The molecule has 2 heteroatoms. The minimum Gasteiger partial charge on any atom is -0.488 e. The van der Waals surface area contributed by atoms with Gasteiger partial charge in [0.1, 0.15) is 11.9 Å². The van der Waals surface area contributed by atoms with Crippen molar-refractivity contribution in [3.63, 3.8) is 0 Å². The van der Waals surface area contributed by atoms with Crippen LogP contribution in [0.15, 0.2) is 48.5 Å². The molecule has 20 heavy (non-hydrogen) atoms. The summed E-state index contributed by atoms with van der Waals surface area (Å²) in [6, 6.07) is 17.0. The Morgan fingerprint density at radius 2 is 2.05 bits per heavy atom. The molecule has 104 valence electrons. The first-order valence-corrected chi connectivity index (χ1v) is 7.32. The predicted octanol–water partition coefficient (Wildman–Crippen LogP) is 3.13. The molecule has 1 unspecified atom stereocenters. The summed E-state index contributed by atoms with van der Waals surface area (Å²) in [5.41, 5.74) is 4.06. The molecule has 1 aliphatic heterocycles. The highest BCUT2D eigenvalue weighted by Crippen LogP contribution is 2.27. The number of fused-ring (bicyclic) bond motifs is 1. The molecule has 0 aromatic heterocycles. The van der Waals surface area contributed by atoms with Gasteiger partial charge in [0, 0.05) is 13.0 Å². The highest BCUT2D eigenvalue weighted by Gasteiger charge is 2.21. The van der Waals surface area contributed by atoms with Gasteiger partial charge in [0.25, 0.3) is 0 Å². The summed E-state index contributed by atoms with van der Waals surface area (Å²) >= 11 is 0. The molecule has 2 nitrogen and oxygen atoms in total. The number of hydrogen-bond acceptors (Lipinski definition) is 2. The van der Waals surface area contributed by atoms with Crippen molar-refractivity contribution in [1.29, 1.82) is 0 Å². The summed E-state index contributed by atoms with van der Waals surface area (Å²) in [5, 5.41) is 3.51. The largest absolute Gasteiger partial charge is 0.488 e. The average molecular weight is 267 g/mol. The van der Waals surface area contributed by atoms with Crippen LogP contribution < -0.4 is 10.1 Å². The molecule has 1 atom stereocenters. The van der Waals surface area contributed by atoms with Crippen molar-refractivity contribution in [2.24, 2.45) is 0 Å². The molecular weight excluding hydrogens is 246 g/mol. The smallest absolute Gasteiger partial charge is 0.123 e. The number of rotatable bonds is 5. The summed E-state index contributed by atoms with van der Waals surface area (Å²) in [4.78, 5) is 0. The molecule has 0 spiro atoms. The highest BCUT2D eigenvalue weighted by atomic mass is 16.5. The van der Waals surface area contributed by atoms with E-state index < -0.39 is 0 Å². The second-order valence-electron chi connectivity index (χ2n) is 5.49. The topological polar surface area (TPSA) is 21.3 Å². The summed E-state index contributed by atoms with van der Waals surface area (Å²) in [5.74, 6) is 1.05. The van der Waals surface area contributed by atoms with Gasteiger partial charge in [0.15, 0.2) is 0 Å². The van der Waals surface area contributed by atoms with Gasteiger partial charge in [-0.2, -0.15) is 0 Å². The van der Waals surface area contributed by atoms with Crippen LogP contribution in [0.2, 0.25) is 0 Å². The third-order valence-electron chi connectivity index (χ3n) is 3.76. The lowest BCUT2D eigenvalue weighted by Gasteiger charge is -2.12. The lowest BCUT2D eigenvalue weighted by atomic mass is 10.1. The highest BCUT2D eigenvalue weighted by molar-refractivity contribution is 5.37. The first-order valence-electron chi connectivity index (χ1n) is 7.32. The Bertz CT molecular complexity index is 554. The normalized spacial score (nSPS) is 16.8. The lowest BCUT2D eigenvalue weighted by molar-refractivity contribution is 0.228. The summed E-state index contributed by atoms with van der Waals surface area (Å²) in [7, 11) is 0. The zero-order chi connectivity index (χ0) is 13.8. The number of ether oxygens (including phenoxy) is 1. The van der Waals surface area contributed by atoms with E-state index in [1.807, 2.05) is 6.07 Å². The molecule has 0 aliphatic carbocycles. The van der Waals surface area contributed by atoms with Crippen molar-refractivity contribution in [2.45, 2.75) is 25.9 Å².